The Bertz CT molecular complexity index is 620. The maximum absolute atomic E-state index is 12.1. The standard InChI is InChI=1S/C15H17NO5/c1-18-9-11-5-7-13(21-11)15(17)16-12-6-4-10(19-2)8-14(12)20-3/h4-8H,9H2,1-3H3,(H,16,17). The zero-order valence-electron chi connectivity index (χ0n) is 12.1. The molecule has 0 aliphatic heterocycles. The Labute approximate surface area is 122 Å². The van der Waals surface area contributed by atoms with Gasteiger partial charge in [0.25, 0.3) is 5.91 Å². The van der Waals surface area contributed by atoms with Gasteiger partial charge in [0, 0.05) is 13.2 Å². The zero-order valence-corrected chi connectivity index (χ0v) is 12.1. The third-order valence-corrected chi connectivity index (χ3v) is 2.83. The van der Waals surface area contributed by atoms with Crippen molar-refractivity contribution in [3.8, 4) is 11.5 Å². The molecule has 0 spiro atoms. The molecule has 0 aliphatic carbocycles. The van der Waals surface area contributed by atoms with Gasteiger partial charge >= 0.3 is 0 Å². The van der Waals surface area contributed by atoms with E-state index in [1.54, 1.807) is 44.6 Å². The predicted molar refractivity (Wildman–Crippen MR) is 76.9 cm³/mol. The van der Waals surface area contributed by atoms with Crippen molar-refractivity contribution in [1.82, 2.24) is 0 Å². The lowest BCUT2D eigenvalue weighted by Crippen LogP contribution is -2.11. The van der Waals surface area contributed by atoms with Crippen molar-refractivity contribution in [3.05, 3.63) is 41.9 Å². The van der Waals surface area contributed by atoms with E-state index in [1.165, 1.54) is 7.11 Å². The van der Waals surface area contributed by atoms with Crippen molar-refractivity contribution in [1.29, 1.82) is 0 Å². The van der Waals surface area contributed by atoms with Gasteiger partial charge in [0.1, 0.15) is 23.9 Å². The second kappa shape index (κ2) is 6.81. The van der Waals surface area contributed by atoms with Crippen LogP contribution in [0.25, 0.3) is 0 Å². The normalized spacial score (nSPS) is 10.2. The van der Waals surface area contributed by atoms with Crippen molar-refractivity contribution in [2.75, 3.05) is 26.6 Å². The number of carbonyl (C=O) groups excluding carboxylic acids is 1. The second-order valence-corrected chi connectivity index (χ2v) is 4.22. The van der Waals surface area contributed by atoms with Gasteiger partial charge in [-0.05, 0) is 24.3 Å². The first kappa shape index (κ1) is 14.9. The van der Waals surface area contributed by atoms with E-state index in [0.717, 1.165) is 0 Å². The molecule has 112 valence electrons. The lowest BCUT2D eigenvalue weighted by atomic mass is 10.2. The second-order valence-electron chi connectivity index (χ2n) is 4.22. The average Bonchev–Trinajstić information content (AvgIpc) is 2.96. The summed E-state index contributed by atoms with van der Waals surface area (Å²) in [5, 5.41) is 2.73. The molecule has 21 heavy (non-hydrogen) atoms. The Balaban J connectivity index is 2.14. The van der Waals surface area contributed by atoms with E-state index < -0.39 is 0 Å². The summed E-state index contributed by atoms with van der Waals surface area (Å²) in [6, 6.07) is 8.42. The van der Waals surface area contributed by atoms with Gasteiger partial charge in [-0.15, -0.1) is 0 Å². The SMILES string of the molecule is COCc1ccc(C(=O)Nc2ccc(OC)cc2OC)o1. The highest BCUT2D eigenvalue weighted by Crippen LogP contribution is 2.29. The van der Waals surface area contributed by atoms with Gasteiger partial charge in [0.15, 0.2) is 5.76 Å². The smallest absolute Gasteiger partial charge is 0.291 e. The molecule has 0 aliphatic rings. The van der Waals surface area contributed by atoms with Gasteiger partial charge in [-0.2, -0.15) is 0 Å². The molecule has 0 bridgehead atoms. The van der Waals surface area contributed by atoms with Gasteiger partial charge < -0.3 is 23.9 Å². The van der Waals surface area contributed by atoms with Crippen LogP contribution in [-0.2, 0) is 11.3 Å². The van der Waals surface area contributed by atoms with Crippen molar-refractivity contribution in [2.45, 2.75) is 6.61 Å². The van der Waals surface area contributed by atoms with Crippen molar-refractivity contribution < 1.29 is 23.4 Å². The zero-order chi connectivity index (χ0) is 15.2. The summed E-state index contributed by atoms with van der Waals surface area (Å²) < 4.78 is 20.6. The van der Waals surface area contributed by atoms with Crippen LogP contribution in [0.4, 0.5) is 5.69 Å². The third-order valence-electron chi connectivity index (χ3n) is 2.83. The first-order chi connectivity index (χ1) is 10.2. The highest BCUT2D eigenvalue weighted by atomic mass is 16.5. The minimum atomic E-state index is -0.360. The fourth-order valence-electron chi connectivity index (χ4n) is 1.81. The Kier molecular flexibility index (Phi) is 4.84. The van der Waals surface area contributed by atoms with Crippen LogP contribution in [0, 0.1) is 0 Å². The largest absolute Gasteiger partial charge is 0.497 e. The summed E-state index contributed by atoms with van der Waals surface area (Å²) in [4.78, 5) is 12.1. The predicted octanol–water partition coefficient (Wildman–Crippen LogP) is 2.70. The van der Waals surface area contributed by atoms with Gasteiger partial charge in [-0.3, -0.25) is 4.79 Å². The number of hydrogen-bond donors (Lipinski definition) is 1. The molecular weight excluding hydrogens is 274 g/mol. The number of hydrogen-bond acceptors (Lipinski definition) is 5. The molecule has 1 aromatic carbocycles. The number of ether oxygens (including phenoxy) is 3. The number of methoxy groups -OCH3 is 3. The summed E-state index contributed by atoms with van der Waals surface area (Å²) in [6.45, 7) is 0.319. The van der Waals surface area contributed by atoms with E-state index in [1.807, 2.05) is 0 Å². The molecule has 0 unspecified atom stereocenters. The van der Waals surface area contributed by atoms with E-state index in [9.17, 15) is 4.79 Å². The van der Waals surface area contributed by atoms with Gasteiger partial charge in [-0.25, -0.2) is 0 Å². The molecule has 0 saturated carbocycles. The third kappa shape index (κ3) is 3.55. The maximum atomic E-state index is 12.1. The molecule has 6 heteroatoms. The Morgan fingerprint density at radius 2 is 1.95 bits per heavy atom. The number of nitrogens with one attached hydrogen (secondary N) is 1. The number of carbonyl (C=O) groups is 1. The molecule has 6 nitrogen and oxygen atoms in total. The molecule has 2 rings (SSSR count). The molecule has 1 amide bonds. The molecule has 0 saturated heterocycles. The van der Waals surface area contributed by atoms with Crippen molar-refractivity contribution in [2.24, 2.45) is 0 Å². The van der Waals surface area contributed by atoms with Crippen LogP contribution >= 0.6 is 0 Å². The van der Waals surface area contributed by atoms with Crippen molar-refractivity contribution in [3.63, 3.8) is 0 Å². The fourth-order valence-corrected chi connectivity index (χ4v) is 1.81. The van der Waals surface area contributed by atoms with Crippen LogP contribution in [0.1, 0.15) is 16.3 Å². The van der Waals surface area contributed by atoms with Gasteiger partial charge in [0.05, 0.1) is 19.9 Å². The van der Waals surface area contributed by atoms with Gasteiger partial charge in [0.2, 0.25) is 0 Å². The van der Waals surface area contributed by atoms with Crippen LogP contribution in [0.2, 0.25) is 0 Å². The summed E-state index contributed by atoms with van der Waals surface area (Å²) in [7, 11) is 4.64. The number of amides is 1. The minimum absolute atomic E-state index is 0.208. The molecular formula is C15H17NO5. The molecule has 0 fully saturated rings. The molecule has 1 N–H and O–H groups in total. The fraction of sp³-hybridized carbons (Fsp3) is 0.267. The van der Waals surface area contributed by atoms with E-state index in [-0.39, 0.29) is 11.7 Å². The van der Waals surface area contributed by atoms with Crippen LogP contribution in [0.3, 0.4) is 0 Å². The monoisotopic (exact) mass is 291 g/mol. The molecule has 1 heterocycles. The number of furan rings is 1. The molecule has 2 aromatic rings. The first-order valence-corrected chi connectivity index (χ1v) is 6.29. The van der Waals surface area contributed by atoms with Crippen LogP contribution in [0.15, 0.2) is 34.7 Å². The summed E-state index contributed by atoms with van der Waals surface area (Å²) in [6.07, 6.45) is 0. The highest BCUT2D eigenvalue weighted by molar-refractivity contribution is 6.03. The summed E-state index contributed by atoms with van der Waals surface area (Å²) in [5.74, 6) is 1.58. The minimum Gasteiger partial charge on any atom is -0.497 e. The Morgan fingerprint density at radius 3 is 2.62 bits per heavy atom. The lowest BCUT2D eigenvalue weighted by molar-refractivity contribution is 0.0987. The Hall–Kier alpha value is -2.47. The number of benzene rings is 1. The summed E-state index contributed by atoms with van der Waals surface area (Å²) >= 11 is 0. The van der Waals surface area contributed by atoms with Crippen molar-refractivity contribution >= 4 is 11.6 Å². The van der Waals surface area contributed by atoms with Crippen LogP contribution in [-0.4, -0.2) is 27.2 Å². The lowest BCUT2D eigenvalue weighted by Gasteiger charge is -2.10. The van der Waals surface area contributed by atoms with E-state index in [2.05, 4.69) is 5.32 Å². The first-order valence-electron chi connectivity index (χ1n) is 6.29. The van der Waals surface area contributed by atoms with Crippen LogP contribution in [0.5, 0.6) is 11.5 Å². The van der Waals surface area contributed by atoms with E-state index in [0.29, 0.717) is 29.6 Å². The highest BCUT2D eigenvalue weighted by Gasteiger charge is 2.14. The quantitative estimate of drug-likeness (QED) is 0.886. The topological polar surface area (TPSA) is 69.9 Å². The van der Waals surface area contributed by atoms with E-state index >= 15 is 0 Å². The van der Waals surface area contributed by atoms with E-state index in [4.69, 9.17) is 18.6 Å². The summed E-state index contributed by atoms with van der Waals surface area (Å²) in [5.41, 5.74) is 0.535. The molecule has 0 radical (unpaired) electrons. The number of rotatable bonds is 6. The number of anilines is 1. The maximum Gasteiger partial charge on any atom is 0.291 e. The van der Waals surface area contributed by atoms with Crippen LogP contribution < -0.4 is 14.8 Å². The molecule has 1 aromatic heterocycles. The Morgan fingerprint density at radius 1 is 1.14 bits per heavy atom. The van der Waals surface area contributed by atoms with Gasteiger partial charge in [-0.1, -0.05) is 0 Å². The molecule has 0 atom stereocenters. The average molecular weight is 291 g/mol.